The Labute approximate surface area is 240 Å². The Morgan fingerprint density at radius 1 is 0.875 bits per heavy atom. The summed E-state index contributed by atoms with van der Waals surface area (Å²) in [5.41, 5.74) is 3.55. The van der Waals surface area contributed by atoms with Gasteiger partial charge in [-0.15, -0.1) is 0 Å². The van der Waals surface area contributed by atoms with Gasteiger partial charge in [-0.2, -0.15) is 0 Å². The number of hydrogen-bond acceptors (Lipinski definition) is 5. The molecule has 0 unspecified atom stereocenters. The summed E-state index contributed by atoms with van der Waals surface area (Å²) in [4.78, 5) is 39.8. The minimum absolute atomic E-state index is 0.175. The standard InChI is InChI=1S/C32H27BrN2O5/c1-4-39-28-16-23(27(33)17-29(28)40-18-22-10-7-9-21-8-5-6-11-25(21)22)15-26-30(36)34-32(38)35(31(26)37)24-13-19(2)12-20(3)14-24/h5-17H,4,18H2,1-3H3,(H,34,36,38)/b26-15+. The van der Waals surface area contributed by atoms with E-state index in [2.05, 4.69) is 39.4 Å². The van der Waals surface area contributed by atoms with Gasteiger partial charge in [0.25, 0.3) is 11.8 Å². The highest BCUT2D eigenvalue weighted by molar-refractivity contribution is 9.10. The summed E-state index contributed by atoms with van der Waals surface area (Å²) in [7, 11) is 0. The molecule has 0 aromatic heterocycles. The van der Waals surface area contributed by atoms with Gasteiger partial charge in [0.15, 0.2) is 11.5 Å². The van der Waals surface area contributed by atoms with Gasteiger partial charge < -0.3 is 9.47 Å². The number of urea groups is 1. The van der Waals surface area contributed by atoms with Crippen LogP contribution in [0.4, 0.5) is 10.5 Å². The number of fused-ring (bicyclic) bond motifs is 1. The molecule has 1 saturated heterocycles. The average molecular weight is 599 g/mol. The zero-order valence-electron chi connectivity index (χ0n) is 22.3. The van der Waals surface area contributed by atoms with E-state index in [0.717, 1.165) is 32.4 Å². The van der Waals surface area contributed by atoms with Gasteiger partial charge in [0.2, 0.25) is 0 Å². The van der Waals surface area contributed by atoms with Gasteiger partial charge >= 0.3 is 6.03 Å². The van der Waals surface area contributed by atoms with E-state index in [1.54, 1.807) is 24.3 Å². The van der Waals surface area contributed by atoms with Gasteiger partial charge in [-0.1, -0.05) is 64.5 Å². The second kappa shape index (κ2) is 11.4. The number of carbonyl (C=O) groups is 3. The fraction of sp³-hybridized carbons (Fsp3) is 0.156. The number of barbiturate groups is 1. The Bertz CT molecular complexity index is 1670. The van der Waals surface area contributed by atoms with Crippen LogP contribution in [-0.2, 0) is 16.2 Å². The summed E-state index contributed by atoms with van der Waals surface area (Å²) in [6.45, 7) is 6.32. The number of halogens is 1. The summed E-state index contributed by atoms with van der Waals surface area (Å²) in [6.07, 6.45) is 1.45. The van der Waals surface area contributed by atoms with Gasteiger partial charge in [0.1, 0.15) is 12.2 Å². The fourth-order valence-corrected chi connectivity index (χ4v) is 5.18. The number of ether oxygens (including phenoxy) is 2. The molecule has 1 N–H and O–H groups in total. The zero-order chi connectivity index (χ0) is 28.4. The number of nitrogens with one attached hydrogen (secondary N) is 1. The Kier molecular flexibility index (Phi) is 7.71. The topological polar surface area (TPSA) is 84.9 Å². The van der Waals surface area contributed by atoms with Gasteiger partial charge in [-0.25, -0.2) is 9.69 Å². The molecule has 8 heteroatoms. The Morgan fingerprint density at radius 3 is 2.33 bits per heavy atom. The van der Waals surface area contributed by atoms with Crippen LogP contribution < -0.4 is 19.7 Å². The normalized spacial score (nSPS) is 14.6. The molecule has 0 atom stereocenters. The summed E-state index contributed by atoms with van der Waals surface area (Å²) in [6, 6.07) is 22.2. The molecule has 0 aliphatic carbocycles. The lowest BCUT2D eigenvalue weighted by Gasteiger charge is -2.27. The molecule has 0 saturated carbocycles. The van der Waals surface area contributed by atoms with Crippen LogP contribution in [0.3, 0.4) is 0 Å². The smallest absolute Gasteiger partial charge is 0.335 e. The Balaban J connectivity index is 1.47. The maximum Gasteiger partial charge on any atom is 0.335 e. The monoisotopic (exact) mass is 598 g/mol. The number of hydrogen-bond donors (Lipinski definition) is 1. The molecule has 4 aromatic rings. The summed E-state index contributed by atoms with van der Waals surface area (Å²) in [5, 5.41) is 4.51. The number of benzene rings is 4. The van der Waals surface area contributed by atoms with E-state index in [1.165, 1.54) is 6.08 Å². The van der Waals surface area contributed by atoms with Crippen molar-refractivity contribution in [1.82, 2.24) is 5.32 Å². The molecule has 1 fully saturated rings. The third-order valence-electron chi connectivity index (χ3n) is 6.49. The summed E-state index contributed by atoms with van der Waals surface area (Å²) >= 11 is 3.55. The molecule has 1 aliphatic rings. The van der Waals surface area contributed by atoms with Crippen LogP contribution in [0.15, 0.2) is 82.8 Å². The van der Waals surface area contributed by atoms with Crippen molar-refractivity contribution in [2.45, 2.75) is 27.4 Å². The molecule has 202 valence electrons. The highest BCUT2D eigenvalue weighted by atomic mass is 79.9. The number of carbonyl (C=O) groups excluding carboxylic acids is 3. The van der Waals surface area contributed by atoms with E-state index in [4.69, 9.17) is 9.47 Å². The minimum Gasteiger partial charge on any atom is -0.490 e. The van der Waals surface area contributed by atoms with Crippen LogP contribution in [0.25, 0.3) is 16.8 Å². The minimum atomic E-state index is -0.789. The SMILES string of the molecule is CCOc1cc(/C=C2\C(=O)NC(=O)N(c3cc(C)cc(C)c3)C2=O)c(Br)cc1OCc1cccc2ccccc12. The molecule has 7 nitrogen and oxygen atoms in total. The van der Waals surface area contributed by atoms with Gasteiger partial charge in [-0.05, 0) is 84.1 Å². The van der Waals surface area contributed by atoms with Crippen LogP contribution in [-0.4, -0.2) is 24.5 Å². The van der Waals surface area contributed by atoms with Crippen LogP contribution in [0.5, 0.6) is 11.5 Å². The number of aryl methyl sites for hydroxylation is 2. The number of anilines is 1. The van der Waals surface area contributed by atoms with E-state index < -0.39 is 17.8 Å². The number of rotatable bonds is 7. The van der Waals surface area contributed by atoms with Gasteiger partial charge in [0, 0.05) is 4.47 Å². The molecule has 5 rings (SSSR count). The molecule has 4 aromatic carbocycles. The quantitative estimate of drug-likeness (QED) is 0.185. The highest BCUT2D eigenvalue weighted by Crippen LogP contribution is 2.36. The predicted octanol–water partition coefficient (Wildman–Crippen LogP) is 6.86. The van der Waals surface area contributed by atoms with Crippen molar-refractivity contribution in [3.63, 3.8) is 0 Å². The van der Waals surface area contributed by atoms with Crippen molar-refractivity contribution >= 4 is 56.3 Å². The predicted molar refractivity (Wildman–Crippen MR) is 159 cm³/mol. The summed E-state index contributed by atoms with van der Waals surface area (Å²) < 4.78 is 12.6. The lowest BCUT2D eigenvalue weighted by molar-refractivity contribution is -0.122. The van der Waals surface area contributed by atoms with Crippen molar-refractivity contribution in [2.75, 3.05) is 11.5 Å². The third kappa shape index (κ3) is 5.49. The second-order valence-electron chi connectivity index (χ2n) is 9.48. The first-order valence-electron chi connectivity index (χ1n) is 12.8. The Morgan fingerprint density at radius 2 is 1.57 bits per heavy atom. The number of nitrogens with zero attached hydrogens (tertiary/aromatic N) is 1. The van der Waals surface area contributed by atoms with E-state index in [1.807, 2.05) is 51.1 Å². The number of amides is 4. The maximum absolute atomic E-state index is 13.4. The third-order valence-corrected chi connectivity index (χ3v) is 7.18. The fourth-order valence-electron chi connectivity index (χ4n) is 4.74. The molecule has 0 bridgehead atoms. The van der Waals surface area contributed by atoms with Crippen molar-refractivity contribution in [3.05, 3.63) is 105 Å². The zero-order valence-corrected chi connectivity index (χ0v) is 23.9. The lowest BCUT2D eigenvalue weighted by atomic mass is 10.0. The van der Waals surface area contributed by atoms with Crippen molar-refractivity contribution in [2.24, 2.45) is 0 Å². The van der Waals surface area contributed by atoms with E-state index in [9.17, 15) is 14.4 Å². The van der Waals surface area contributed by atoms with Crippen LogP contribution in [0, 0.1) is 13.8 Å². The number of imide groups is 2. The van der Waals surface area contributed by atoms with Gasteiger partial charge in [-0.3, -0.25) is 14.9 Å². The molecule has 1 aliphatic heterocycles. The molecule has 1 heterocycles. The molecule has 0 spiro atoms. The van der Waals surface area contributed by atoms with Crippen molar-refractivity contribution in [3.8, 4) is 11.5 Å². The second-order valence-corrected chi connectivity index (χ2v) is 10.3. The van der Waals surface area contributed by atoms with Crippen LogP contribution >= 0.6 is 15.9 Å². The highest BCUT2D eigenvalue weighted by Gasteiger charge is 2.37. The maximum atomic E-state index is 13.4. The molecule has 4 amide bonds. The molecular formula is C32H27BrN2O5. The molecule has 0 radical (unpaired) electrons. The first-order valence-corrected chi connectivity index (χ1v) is 13.6. The lowest BCUT2D eigenvalue weighted by Crippen LogP contribution is -2.54. The Hall–Kier alpha value is -4.43. The summed E-state index contributed by atoms with van der Waals surface area (Å²) in [5.74, 6) is -0.504. The molecular weight excluding hydrogens is 572 g/mol. The van der Waals surface area contributed by atoms with E-state index >= 15 is 0 Å². The van der Waals surface area contributed by atoms with Gasteiger partial charge in [0.05, 0.1) is 12.3 Å². The first-order chi connectivity index (χ1) is 19.2. The average Bonchev–Trinajstić information content (AvgIpc) is 2.91. The first kappa shape index (κ1) is 27.1. The van der Waals surface area contributed by atoms with Crippen LogP contribution in [0.1, 0.15) is 29.2 Å². The van der Waals surface area contributed by atoms with Crippen molar-refractivity contribution in [1.29, 1.82) is 0 Å². The van der Waals surface area contributed by atoms with Crippen LogP contribution in [0.2, 0.25) is 0 Å². The van der Waals surface area contributed by atoms with E-state index in [0.29, 0.717) is 40.4 Å². The van der Waals surface area contributed by atoms with E-state index in [-0.39, 0.29) is 5.57 Å². The largest absolute Gasteiger partial charge is 0.490 e. The molecule has 40 heavy (non-hydrogen) atoms. The van der Waals surface area contributed by atoms with Crippen molar-refractivity contribution < 1.29 is 23.9 Å².